The van der Waals surface area contributed by atoms with Crippen molar-refractivity contribution in [2.45, 2.75) is 6.54 Å². The van der Waals surface area contributed by atoms with Gasteiger partial charge in [0.2, 0.25) is 0 Å². The first-order valence-corrected chi connectivity index (χ1v) is 4.76. The average molecular weight is 210 g/mol. The molecular weight excluding hydrogens is 195 g/mol. The molecule has 0 aliphatic carbocycles. The molecule has 3 nitrogen and oxygen atoms in total. The maximum Gasteiger partial charge on any atom is 0.160 e. The van der Waals surface area contributed by atoms with Crippen molar-refractivity contribution in [2.75, 3.05) is 20.1 Å². The number of nitrogens with two attached hydrogens (primary N) is 1. The number of carbonyl (C=O) groups excluding carboxylic acids is 1. The summed E-state index contributed by atoms with van der Waals surface area (Å²) < 4.78 is 12.6. The molecule has 0 aliphatic heterocycles. The highest BCUT2D eigenvalue weighted by Crippen LogP contribution is 2.05. The number of hydrogen-bond acceptors (Lipinski definition) is 3. The normalized spacial score (nSPS) is 10.7. The quantitative estimate of drug-likeness (QED) is 0.781. The SMILES string of the molecule is CN(CC(=O)CN)Cc1ccc(F)cc1. The molecule has 0 aromatic heterocycles. The lowest BCUT2D eigenvalue weighted by atomic mass is 10.2. The van der Waals surface area contributed by atoms with Crippen LogP contribution in [0.5, 0.6) is 0 Å². The van der Waals surface area contributed by atoms with E-state index in [9.17, 15) is 9.18 Å². The summed E-state index contributed by atoms with van der Waals surface area (Å²) in [4.78, 5) is 12.9. The molecule has 2 N–H and O–H groups in total. The Hall–Kier alpha value is -1.26. The van der Waals surface area contributed by atoms with E-state index in [1.54, 1.807) is 12.1 Å². The molecule has 4 heteroatoms. The van der Waals surface area contributed by atoms with Gasteiger partial charge in [-0.2, -0.15) is 0 Å². The fourth-order valence-electron chi connectivity index (χ4n) is 1.32. The molecule has 1 aromatic rings. The lowest BCUT2D eigenvalue weighted by Gasteiger charge is -2.15. The number of halogens is 1. The molecule has 82 valence electrons. The van der Waals surface area contributed by atoms with E-state index < -0.39 is 0 Å². The third kappa shape index (κ3) is 4.18. The molecule has 0 bridgehead atoms. The molecule has 0 heterocycles. The van der Waals surface area contributed by atoms with Gasteiger partial charge in [0.15, 0.2) is 5.78 Å². The molecule has 1 rings (SSSR count). The zero-order valence-electron chi connectivity index (χ0n) is 8.74. The summed E-state index contributed by atoms with van der Waals surface area (Å²) in [6, 6.07) is 6.24. The number of hydrogen-bond donors (Lipinski definition) is 1. The smallest absolute Gasteiger partial charge is 0.160 e. The van der Waals surface area contributed by atoms with Crippen molar-refractivity contribution in [1.82, 2.24) is 4.90 Å². The molecule has 0 saturated carbocycles. The number of carbonyl (C=O) groups is 1. The van der Waals surface area contributed by atoms with E-state index in [4.69, 9.17) is 5.73 Å². The Balaban J connectivity index is 2.47. The number of nitrogens with zero attached hydrogens (tertiary/aromatic N) is 1. The van der Waals surface area contributed by atoms with E-state index in [1.165, 1.54) is 12.1 Å². The molecule has 0 atom stereocenters. The zero-order chi connectivity index (χ0) is 11.3. The lowest BCUT2D eigenvalue weighted by Crippen LogP contribution is -2.29. The minimum Gasteiger partial charge on any atom is -0.324 e. The van der Waals surface area contributed by atoms with Gasteiger partial charge in [-0.05, 0) is 24.7 Å². The molecule has 0 spiro atoms. The number of rotatable bonds is 5. The number of Topliss-reactive ketones (excluding diaryl/α,β-unsaturated/α-hetero) is 1. The molecule has 1 aromatic carbocycles. The van der Waals surface area contributed by atoms with Crippen LogP contribution in [0.15, 0.2) is 24.3 Å². The van der Waals surface area contributed by atoms with Crippen LogP contribution in [0.4, 0.5) is 4.39 Å². The molecule has 0 aliphatic rings. The molecule has 0 amide bonds. The van der Waals surface area contributed by atoms with Crippen LogP contribution in [0.25, 0.3) is 0 Å². The predicted molar refractivity (Wildman–Crippen MR) is 56.8 cm³/mol. The second-order valence-corrected chi connectivity index (χ2v) is 3.54. The van der Waals surface area contributed by atoms with Crippen LogP contribution in [0.1, 0.15) is 5.56 Å². The van der Waals surface area contributed by atoms with Gasteiger partial charge in [0.05, 0.1) is 13.1 Å². The number of likely N-dealkylation sites (N-methyl/N-ethyl adjacent to an activating group) is 1. The zero-order valence-corrected chi connectivity index (χ0v) is 8.74. The van der Waals surface area contributed by atoms with E-state index in [-0.39, 0.29) is 18.1 Å². The topological polar surface area (TPSA) is 46.3 Å². The van der Waals surface area contributed by atoms with E-state index in [1.807, 2.05) is 11.9 Å². The molecule has 0 fully saturated rings. The van der Waals surface area contributed by atoms with Crippen LogP contribution in [-0.4, -0.2) is 30.8 Å². The van der Waals surface area contributed by atoms with Crippen LogP contribution >= 0.6 is 0 Å². The number of ketones is 1. The molecule has 0 unspecified atom stereocenters. The Morgan fingerprint density at radius 3 is 2.53 bits per heavy atom. The minimum absolute atomic E-state index is 0.000360. The van der Waals surface area contributed by atoms with Crippen molar-refractivity contribution >= 4 is 5.78 Å². The van der Waals surface area contributed by atoms with Gasteiger partial charge < -0.3 is 5.73 Å². The maximum atomic E-state index is 12.6. The second kappa shape index (κ2) is 5.58. The first-order valence-electron chi connectivity index (χ1n) is 4.76. The van der Waals surface area contributed by atoms with Crippen LogP contribution < -0.4 is 5.73 Å². The van der Waals surface area contributed by atoms with Gasteiger partial charge in [-0.3, -0.25) is 9.69 Å². The van der Waals surface area contributed by atoms with Crippen molar-refractivity contribution in [3.05, 3.63) is 35.6 Å². The lowest BCUT2D eigenvalue weighted by molar-refractivity contribution is -0.118. The van der Waals surface area contributed by atoms with E-state index in [0.29, 0.717) is 13.1 Å². The largest absolute Gasteiger partial charge is 0.324 e. The highest BCUT2D eigenvalue weighted by atomic mass is 19.1. The van der Waals surface area contributed by atoms with Crippen molar-refractivity contribution < 1.29 is 9.18 Å². The fraction of sp³-hybridized carbons (Fsp3) is 0.364. The highest BCUT2D eigenvalue weighted by Gasteiger charge is 2.05. The summed E-state index contributed by atoms with van der Waals surface area (Å²) in [5, 5.41) is 0. The fourth-order valence-corrected chi connectivity index (χ4v) is 1.32. The van der Waals surface area contributed by atoms with Gasteiger partial charge in [-0.25, -0.2) is 4.39 Å². The van der Waals surface area contributed by atoms with Crippen molar-refractivity contribution in [2.24, 2.45) is 5.73 Å². The standard InChI is InChI=1S/C11H15FN2O/c1-14(8-11(15)6-13)7-9-2-4-10(12)5-3-9/h2-5H,6-8,13H2,1H3. The van der Waals surface area contributed by atoms with Gasteiger partial charge in [0, 0.05) is 6.54 Å². The van der Waals surface area contributed by atoms with E-state index in [0.717, 1.165) is 5.56 Å². The second-order valence-electron chi connectivity index (χ2n) is 3.54. The summed E-state index contributed by atoms with van der Waals surface area (Å²) in [5.41, 5.74) is 6.18. The molecule has 0 radical (unpaired) electrons. The van der Waals surface area contributed by atoms with E-state index >= 15 is 0 Å². The van der Waals surface area contributed by atoms with Crippen molar-refractivity contribution in [1.29, 1.82) is 0 Å². The Kier molecular flexibility index (Phi) is 4.39. The van der Waals surface area contributed by atoms with Crippen LogP contribution in [0, 0.1) is 5.82 Å². The first-order chi connectivity index (χ1) is 7.11. The van der Waals surface area contributed by atoms with Crippen molar-refractivity contribution in [3.63, 3.8) is 0 Å². The molecule has 15 heavy (non-hydrogen) atoms. The summed E-state index contributed by atoms with van der Waals surface area (Å²) in [5.74, 6) is -0.251. The Bertz CT molecular complexity index is 324. The van der Waals surface area contributed by atoms with Crippen LogP contribution in [0.2, 0.25) is 0 Å². The van der Waals surface area contributed by atoms with Crippen molar-refractivity contribution in [3.8, 4) is 0 Å². The number of benzene rings is 1. The Morgan fingerprint density at radius 2 is 2.00 bits per heavy atom. The third-order valence-electron chi connectivity index (χ3n) is 2.04. The van der Waals surface area contributed by atoms with Gasteiger partial charge >= 0.3 is 0 Å². The maximum absolute atomic E-state index is 12.6. The monoisotopic (exact) mass is 210 g/mol. The summed E-state index contributed by atoms with van der Waals surface area (Å²) >= 11 is 0. The summed E-state index contributed by atoms with van der Waals surface area (Å²) in [6.07, 6.45) is 0. The summed E-state index contributed by atoms with van der Waals surface area (Å²) in [6.45, 7) is 1.01. The summed E-state index contributed by atoms with van der Waals surface area (Å²) in [7, 11) is 1.83. The third-order valence-corrected chi connectivity index (χ3v) is 2.04. The minimum atomic E-state index is -0.251. The predicted octanol–water partition coefficient (Wildman–Crippen LogP) is 0.785. The molecule has 0 saturated heterocycles. The Labute approximate surface area is 88.7 Å². The van der Waals surface area contributed by atoms with Gasteiger partial charge in [-0.15, -0.1) is 0 Å². The highest BCUT2D eigenvalue weighted by molar-refractivity contribution is 5.82. The average Bonchev–Trinajstić information content (AvgIpc) is 2.21. The first kappa shape index (κ1) is 11.8. The molecular formula is C11H15FN2O. The Morgan fingerprint density at radius 1 is 1.40 bits per heavy atom. The van der Waals surface area contributed by atoms with Gasteiger partial charge in [0.1, 0.15) is 5.82 Å². The van der Waals surface area contributed by atoms with Gasteiger partial charge in [0.25, 0.3) is 0 Å². The van der Waals surface area contributed by atoms with Crippen LogP contribution in [-0.2, 0) is 11.3 Å². The van der Waals surface area contributed by atoms with Crippen LogP contribution in [0.3, 0.4) is 0 Å². The van der Waals surface area contributed by atoms with E-state index in [2.05, 4.69) is 0 Å². The van der Waals surface area contributed by atoms with Gasteiger partial charge in [-0.1, -0.05) is 12.1 Å².